The van der Waals surface area contributed by atoms with Crippen molar-refractivity contribution in [1.29, 1.82) is 0 Å². The summed E-state index contributed by atoms with van der Waals surface area (Å²) in [6, 6.07) is 11.7. The zero-order valence-corrected chi connectivity index (χ0v) is 22.8. The number of nitrogens with zero attached hydrogens (tertiary/aromatic N) is 2. The first-order valence-corrected chi connectivity index (χ1v) is 12.8. The molecule has 0 spiro atoms. The van der Waals surface area contributed by atoms with Gasteiger partial charge in [-0.1, -0.05) is 17.7 Å². The van der Waals surface area contributed by atoms with Gasteiger partial charge in [-0.15, -0.1) is 23.7 Å². The summed E-state index contributed by atoms with van der Waals surface area (Å²) in [5, 5.41) is 16.0. The third-order valence-corrected chi connectivity index (χ3v) is 7.37. The number of carboxylic acids is 1. The van der Waals surface area contributed by atoms with E-state index in [1.165, 1.54) is 23.5 Å². The number of aromatic nitrogens is 1. The quantitative estimate of drug-likeness (QED) is 0.334. The van der Waals surface area contributed by atoms with Gasteiger partial charge in [0.1, 0.15) is 0 Å². The average molecular weight is 564 g/mol. The van der Waals surface area contributed by atoms with Crippen molar-refractivity contribution in [3.8, 4) is 0 Å². The van der Waals surface area contributed by atoms with E-state index < -0.39 is 5.97 Å². The summed E-state index contributed by atoms with van der Waals surface area (Å²) in [6.07, 6.45) is 1.25. The molecule has 1 aliphatic heterocycles. The number of carbonyl (C=O) groups excluding carboxylic acids is 2. The van der Waals surface area contributed by atoms with Crippen molar-refractivity contribution in [2.75, 3.05) is 17.2 Å². The predicted octanol–water partition coefficient (Wildman–Crippen LogP) is 5.51. The Morgan fingerprint density at radius 1 is 1.14 bits per heavy atom. The zero-order valence-electron chi connectivity index (χ0n) is 20.4. The molecule has 11 heteroatoms. The van der Waals surface area contributed by atoms with Crippen LogP contribution < -0.4 is 10.6 Å². The lowest BCUT2D eigenvalue weighted by Crippen LogP contribution is -2.35. The predicted molar refractivity (Wildman–Crippen MR) is 148 cm³/mol. The van der Waals surface area contributed by atoms with Crippen molar-refractivity contribution in [3.63, 3.8) is 0 Å². The third-order valence-electron chi connectivity index (χ3n) is 6.04. The molecule has 0 fully saturated rings. The van der Waals surface area contributed by atoms with Crippen LogP contribution >= 0.6 is 35.3 Å². The molecule has 196 valence electrons. The molecule has 8 nitrogen and oxygen atoms in total. The lowest BCUT2D eigenvalue weighted by Gasteiger charge is -2.29. The van der Waals surface area contributed by atoms with Crippen molar-refractivity contribution < 1.29 is 19.5 Å². The fourth-order valence-corrected chi connectivity index (χ4v) is 5.13. The molecule has 0 saturated heterocycles. The van der Waals surface area contributed by atoms with Crippen LogP contribution in [-0.2, 0) is 24.2 Å². The number of hydrogen-bond acceptors (Lipinski definition) is 6. The van der Waals surface area contributed by atoms with Crippen molar-refractivity contribution in [2.45, 2.75) is 45.7 Å². The Bertz CT molecular complexity index is 1290. The van der Waals surface area contributed by atoms with Crippen molar-refractivity contribution in [3.05, 3.63) is 74.2 Å². The standard InChI is InChI=1S/C26H27ClN4O4S.ClH/c1-15(2)31-12-11-20-22(14-31)36-25(30-20)24(33)29-21-13-17(26(34)35)4-3-16(21)5-10-23(32)28-19-8-6-18(27)7-9-19;/h3-4,6-9,13,15H,5,10-12,14H2,1-2H3,(H,28,32)(H,29,33)(H,34,35);1H. The maximum atomic E-state index is 13.1. The molecule has 3 N–H and O–H groups in total. The van der Waals surface area contributed by atoms with Gasteiger partial charge in [0, 0.05) is 53.2 Å². The molecular formula is C26H28Cl2N4O4S. The zero-order chi connectivity index (χ0) is 25.8. The third kappa shape index (κ3) is 7.29. The van der Waals surface area contributed by atoms with Crippen molar-refractivity contribution >= 4 is 64.5 Å². The van der Waals surface area contributed by atoms with Gasteiger partial charge in [0.05, 0.1) is 11.3 Å². The molecule has 2 heterocycles. The van der Waals surface area contributed by atoms with Gasteiger partial charge in [-0.2, -0.15) is 0 Å². The van der Waals surface area contributed by atoms with Gasteiger partial charge < -0.3 is 15.7 Å². The van der Waals surface area contributed by atoms with Crippen LogP contribution in [0.5, 0.6) is 0 Å². The first-order valence-electron chi connectivity index (χ1n) is 11.6. The number of halogens is 2. The van der Waals surface area contributed by atoms with E-state index in [0.29, 0.717) is 39.4 Å². The lowest BCUT2D eigenvalue weighted by atomic mass is 10.0. The maximum absolute atomic E-state index is 13.1. The first-order chi connectivity index (χ1) is 17.2. The number of benzene rings is 2. The molecule has 0 bridgehead atoms. The fourth-order valence-electron chi connectivity index (χ4n) is 3.98. The highest BCUT2D eigenvalue weighted by Crippen LogP contribution is 2.28. The Morgan fingerprint density at radius 3 is 2.54 bits per heavy atom. The lowest BCUT2D eigenvalue weighted by molar-refractivity contribution is -0.116. The van der Waals surface area contributed by atoms with E-state index >= 15 is 0 Å². The van der Waals surface area contributed by atoms with Crippen LogP contribution in [0, 0.1) is 0 Å². The summed E-state index contributed by atoms with van der Waals surface area (Å²) in [7, 11) is 0. The molecule has 1 aliphatic rings. The van der Waals surface area contributed by atoms with E-state index in [2.05, 4.69) is 34.4 Å². The number of aromatic carboxylic acids is 1. The van der Waals surface area contributed by atoms with Crippen LogP contribution in [0.25, 0.3) is 0 Å². The Kier molecular flexibility index (Phi) is 9.67. The number of rotatable bonds is 8. The van der Waals surface area contributed by atoms with Crippen LogP contribution in [-0.4, -0.2) is 45.4 Å². The highest BCUT2D eigenvalue weighted by Gasteiger charge is 2.25. The number of aryl methyl sites for hydroxylation is 1. The number of fused-ring (bicyclic) bond motifs is 1. The monoisotopic (exact) mass is 562 g/mol. The summed E-state index contributed by atoms with van der Waals surface area (Å²) < 4.78 is 0. The molecule has 4 rings (SSSR count). The van der Waals surface area contributed by atoms with Gasteiger partial charge in [0.15, 0.2) is 5.01 Å². The van der Waals surface area contributed by atoms with Gasteiger partial charge in [0.25, 0.3) is 5.91 Å². The number of carbonyl (C=O) groups is 3. The maximum Gasteiger partial charge on any atom is 0.335 e. The van der Waals surface area contributed by atoms with Gasteiger partial charge >= 0.3 is 5.97 Å². The molecule has 37 heavy (non-hydrogen) atoms. The molecule has 3 aromatic rings. The Balaban J connectivity index is 0.00000380. The van der Waals surface area contributed by atoms with E-state index in [1.807, 2.05) is 0 Å². The van der Waals surface area contributed by atoms with E-state index in [4.69, 9.17) is 11.6 Å². The summed E-state index contributed by atoms with van der Waals surface area (Å²) in [5.74, 6) is -1.70. The van der Waals surface area contributed by atoms with Crippen molar-refractivity contribution in [2.24, 2.45) is 0 Å². The Labute approximate surface area is 230 Å². The topological polar surface area (TPSA) is 112 Å². The average Bonchev–Trinajstić information content (AvgIpc) is 3.28. The molecule has 2 amide bonds. The Hall–Kier alpha value is -2.98. The number of thiazole rings is 1. The van der Waals surface area contributed by atoms with Gasteiger partial charge in [-0.3, -0.25) is 14.5 Å². The highest BCUT2D eigenvalue weighted by molar-refractivity contribution is 7.13. The number of nitrogens with one attached hydrogen (secondary N) is 2. The SMILES string of the molecule is CC(C)N1CCc2nc(C(=O)Nc3cc(C(=O)O)ccc3CCC(=O)Nc3ccc(Cl)cc3)sc2C1.Cl. The molecule has 0 aliphatic carbocycles. The van der Waals surface area contributed by atoms with Crippen LogP contribution in [0.15, 0.2) is 42.5 Å². The molecule has 0 atom stereocenters. The minimum absolute atomic E-state index is 0. The molecule has 1 aromatic heterocycles. The van der Waals surface area contributed by atoms with E-state index in [1.54, 1.807) is 30.3 Å². The second kappa shape index (κ2) is 12.5. The van der Waals surface area contributed by atoms with E-state index in [0.717, 1.165) is 30.1 Å². The summed E-state index contributed by atoms with van der Waals surface area (Å²) in [4.78, 5) is 45.0. The summed E-state index contributed by atoms with van der Waals surface area (Å²) in [6.45, 7) is 5.96. The summed E-state index contributed by atoms with van der Waals surface area (Å²) >= 11 is 7.25. The number of anilines is 2. The largest absolute Gasteiger partial charge is 0.478 e. The van der Waals surface area contributed by atoms with E-state index in [9.17, 15) is 19.5 Å². The minimum atomic E-state index is -1.10. The normalized spacial score (nSPS) is 13.0. The number of amides is 2. The number of hydrogen-bond donors (Lipinski definition) is 3. The van der Waals surface area contributed by atoms with E-state index in [-0.39, 0.29) is 36.2 Å². The molecule has 0 saturated carbocycles. The highest BCUT2D eigenvalue weighted by atomic mass is 35.5. The fraction of sp³-hybridized carbons (Fsp3) is 0.308. The van der Waals surface area contributed by atoms with Gasteiger partial charge in [0.2, 0.25) is 5.91 Å². The first kappa shape index (κ1) is 28.6. The van der Waals surface area contributed by atoms with Crippen LogP contribution in [0.1, 0.15) is 56.6 Å². The smallest absolute Gasteiger partial charge is 0.335 e. The molecule has 0 unspecified atom stereocenters. The number of carboxylic acid groups (broad SMARTS) is 1. The van der Waals surface area contributed by atoms with Gasteiger partial charge in [-0.05, 0) is 62.2 Å². The molecule has 0 radical (unpaired) electrons. The molecule has 2 aromatic carbocycles. The van der Waals surface area contributed by atoms with Crippen LogP contribution in [0.3, 0.4) is 0 Å². The van der Waals surface area contributed by atoms with Gasteiger partial charge in [-0.25, -0.2) is 9.78 Å². The Morgan fingerprint density at radius 2 is 1.86 bits per heavy atom. The second-order valence-electron chi connectivity index (χ2n) is 8.89. The summed E-state index contributed by atoms with van der Waals surface area (Å²) in [5.41, 5.74) is 2.64. The minimum Gasteiger partial charge on any atom is -0.478 e. The van der Waals surface area contributed by atoms with Crippen LogP contribution in [0.4, 0.5) is 11.4 Å². The van der Waals surface area contributed by atoms with Crippen molar-refractivity contribution in [1.82, 2.24) is 9.88 Å². The molecular weight excluding hydrogens is 535 g/mol. The van der Waals surface area contributed by atoms with Crippen LogP contribution in [0.2, 0.25) is 5.02 Å². The second-order valence-corrected chi connectivity index (χ2v) is 10.4.